The van der Waals surface area contributed by atoms with Crippen LogP contribution in [-0.2, 0) is 6.42 Å². The standard InChI is InChI=1S/C21H14Cl3N5O4/c22-11-7-12(23)19(13(24)8-11)28-20-17(18(27-28)10-2-3-10)21(31)26-16(25-20)6-9-1-4-14(29(32)33)15(30)5-9/h1,4-5,7-8,10,27,30H,2-3,6H2. The van der Waals surface area contributed by atoms with Crippen LogP contribution < -0.4 is 5.56 Å². The van der Waals surface area contributed by atoms with Gasteiger partial charge in [0.25, 0.3) is 5.56 Å². The van der Waals surface area contributed by atoms with Crippen molar-refractivity contribution in [3.8, 4) is 22.8 Å². The van der Waals surface area contributed by atoms with Gasteiger partial charge in [-0.1, -0.05) is 40.9 Å². The molecule has 1 saturated carbocycles. The molecule has 0 spiro atoms. The quantitative estimate of drug-likeness (QED) is 0.286. The number of rotatable bonds is 5. The fourth-order valence-electron chi connectivity index (χ4n) is 3.77. The molecule has 2 aromatic carbocycles. The van der Waals surface area contributed by atoms with Crippen LogP contribution in [0.15, 0.2) is 35.1 Å². The maximum Gasteiger partial charge on any atom is 0.310 e. The van der Waals surface area contributed by atoms with E-state index in [0.717, 1.165) is 18.5 Å². The molecule has 2 aliphatic heterocycles. The summed E-state index contributed by atoms with van der Waals surface area (Å²) in [6, 6.07) is 7.01. The fraction of sp³-hybridized carbons (Fsp3) is 0.190. The number of nitrogens with zero attached hydrogens (tertiary/aromatic N) is 4. The Bertz CT molecular complexity index is 1440. The SMILES string of the molecule is O=c1nc(Cc2ccc([N+](=O)[O-])c(O)c2)nc2n(-c3c(Cl)cc(Cl)cc3Cl)[nH]c(C3CC3)c1-2. The lowest BCUT2D eigenvalue weighted by Crippen LogP contribution is -2.17. The molecule has 0 radical (unpaired) electrons. The van der Waals surface area contributed by atoms with Crippen molar-refractivity contribution >= 4 is 40.5 Å². The average molecular weight is 507 g/mol. The summed E-state index contributed by atoms with van der Waals surface area (Å²) in [6.07, 6.45) is 1.94. The summed E-state index contributed by atoms with van der Waals surface area (Å²) in [5.41, 5.74) is 1.11. The summed E-state index contributed by atoms with van der Waals surface area (Å²) in [5.74, 6) is 0.196. The van der Waals surface area contributed by atoms with Crippen LogP contribution in [0.3, 0.4) is 0 Å². The number of nitro groups is 1. The molecule has 0 aromatic heterocycles. The van der Waals surface area contributed by atoms with Crippen molar-refractivity contribution < 1.29 is 10.0 Å². The van der Waals surface area contributed by atoms with Gasteiger partial charge in [0, 0.05) is 23.4 Å². The summed E-state index contributed by atoms with van der Waals surface area (Å²) >= 11 is 18.9. The number of fused-ring (bicyclic) bond motifs is 1. The number of phenols is 1. The number of nitrogens with one attached hydrogen (secondary N) is 1. The van der Waals surface area contributed by atoms with Gasteiger partial charge in [0.05, 0.1) is 20.7 Å². The Labute approximate surface area is 201 Å². The molecule has 5 rings (SSSR count). The summed E-state index contributed by atoms with van der Waals surface area (Å²) in [6.45, 7) is 0. The van der Waals surface area contributed by atoms with Crippen molar-refractivity contribution in [2.24, 2.45) is 0 Å². The third-order valence-electron chi connectivity index (χ3n) is 5.41. The first-order chi connectivity index (χ1) is 15.7. The Hall–Kier alpha value is -3.14. The second kappa shape index (κ2) is 8.02. The lowest BCUT2D eigenvalue weighted by atomic mass is 10.1. The first-order valence-electron chi connectivity index (χ1n) is 9.85. The van der Waals surface area contributed by atoms with E-state index in [2.05, 4.69) is 15.1 Å². The largest absolute Gasteiger partial charge is 0.502 e. The second-order valence-electron chi connectivity index (χ2n) is 7.75. The first kappa shape index (κ1) is 21.7. The van der Waals surface area contributed by atoms with Gasteiger partial charge in [-0.2, -0.15) is 4.98 Å². The fourth-order valence-corrected chi connectivity index (χ4v) is 4.76. The van der Waals surface area contributed by atoms with Gasteiger partial charge in [0.15, 0.2) is 11.6 Å². The zero-order valence-corrected chi connectivity index (χ0v) is 18.9. The molecule has 1 aliphatic carbocycles. The van der Waals surface area contributed by atoms with Crippen LogP contribution in [0.4, 0.5) is 5.69 Å². The highest BCUT2D eigenvalue weighted by Crippen LogP contribution is 2.44. The number of aromatic amines is 1. The van der Waals surface area contributed by atoms with Gasteiger partial charge < -0.3 is 5.11 Å². The van der Waals surface area contributed by atoms with Gasteiger partial charge in [-0.25, -0.2) is 9.67 Å². The van der Waals surface area contributed by atoms with E-state index in [4.69, 9.17) is 34.8 Å². The molecule has 2 N–H and O–H groups in total. The Balaban J connectivity index is 1.65. The van der Waals surface area contributed by atoms with Crippen molar-refractivity contribution in [2.45, 2.75) is 25.2 Å². The van der Waals surface area contributed by atoms with E-state index in [9.17, 15) is 20.0 Å². The van der Waals surface area contributed by atoms with Crippen molar-refractivity contribution in [2.75, 3.05) is 0 Å². The van der Waals surface area contributed by atoms with Crippen LogP contribution in [0.25, 0.3) is 17.1 Å². The Morgan fingerprint density at radius 1 is 1.15 bits per heavy atom. The molecule has 12 heteroatoms. The van der Waals surface area contributed by atoms with Gasteiger partial charge in [0.2, 0.25) is 0 Å². The van der Waals surface area contributed by atoms with Crippen molar-refractivity contribution in [1.29, 1.82) is 0 Å². The lowest BCUT2D eigenvalue weighted by Gasteiger charge is -2.11. The Kier molecular flexibility index (Phi) is 5.27. The molecule has 168 valence electrons. The van der Waals surface area contributed by atoms with Gasteiger partial charge in [-0.05, 0) is 36.6 Å². The molecule has 0 amide bonds. The number of aromatic hydroxyl groups is 1. The number of aromatic nitrogens is 4. The maximum atomic E-state index is 13.0. The first-order valence-corrected chi connectivity index (χ1v) is 11.0. The van der Waals surface area contributed by atoms with E-state index in [-0.39, 0.29) is 28.2 Å². The van der Waals surface area contributed by atoms with Crippen LogP contribution in [0.2, 0.25) is 15.1 Å². The molecule has 0 saturated heterocycles. The second-order valence-corrected chi connectivity index (χ2v) is 9.00. The number of benzene rings is 2. The topological polar surface area (TPSA) is 127 Å². The van der Waals surface area contributed by atoms with Gasteiger partial charge in [-0.3, -0.25) is 20.0 Å². The highest BCUT2D eigenvalue weighted by molar-refractivity contribution is 6.40. The molecular formula is C21H14Cl3N5O4. The predicted octanol–water partition coefficient (Wildman–Crippen LogP) is 5.10. The number of hydrogen-bond donors (Lipinski definition) is 2. The van der Waals surface area contributed by atoms with Crippen LogP contribution in [0, 0.1) is 10.1 Å². The monoisotopic (exact) mass is 505 g/mol. The number of phenolic OH excluding ortho intramolecular Hbond substituents is 1. The van der Waals surface area contributed by atoms with E-state index >= 15 is 0 Å². The van der Waals surface area contributed by atoms with E-state index in [1.807, 2.05) is 0 Å². The highest BCUT2D eigenvalue weighted by atomic mass is 35.5. The van der Waals surface area contributed by atoms with Gasteiger partial charge in [-0.15, -0.1) is 0 Å². The van der Waals surface area contributed by atoms with E-state index in [1.165, 1.54) is 18.2 Å². The number of nitro benzene ring substituents is 1. The molecule has 2 heterocycles. The molecular weight excluding hydrogens is 493 g/mol. The normalized spacial score (nSPS) is 13.5. The zero-order chi connectivity index (χ0) is 23.4. The Morgan fingerprint density at radius 3 is 2.45 bits per heavy atom. The average Bonchev–Trinajstić information content (AvgIpc) is 3.49. The van der Waals surface area contributed by atoms with Gasteiger partial charge >= 0.3 is 5.69 Å². The van der Waals surface area contributed by atoms with Crippen molar-refractivity contribution in [1.82, 2.24) is 19.7 Å². The zero-order valence-electron chi connectivity index (χ0n) is 16.7. The molecule has 0 unspecified atom stereocenters. The predicted molar refractivity (Wildman–Crippen MR) is 123 cm³/mol. The minimum atomic E-state index is -0.681. The summed E-state index contributed by atoms with van der Waals surface area (Å²) in [7, 11) is 0. The van der Waals surface area contributed by atoms with Crippen LogP contribution in [-0.4, -0.2) is 29.8 Å². The molecule has 0 bridgehead atoms. The molecule has 9 nitrogen and oxygen atoms in total. The Morgan fingerprint density at radius 2 is 1.85 bits per heavy atom. The molecule has 33 heavy (non-hydrogen) atoms. The molecule has 1 fully saturated rings. The summed E-state index contributed by atoms with van der Waals surface area (Å²) in [4.78, 5) is 32.0. The van der Waals surface area contributed by atoms with Crippen molar-refractivity contribution in [3.05, 3.63) is 82.9 Å². The minimum Gasteiger partial charge on any atom is -0.502 e. The molecule has 2 aromatic rings. The molecule has 3 aliphatic rings. The highest BCUT2D eigenvalue weighted by Gasteiger charge is 2.34. The number of halogens is 3. The van der Waals surface area contributed by atoms with E-state index < -0.39 is 21.9 Å². The van der Waals surface area contributed by atoms with Crippen LogP contribution in [0.5, 0.6) is 5.75 Å². The minimum absolute atomic E-state index is 0.0722. The smallest absolute Gasteiger partial charge is 0.310 e. The summed E-state index contributed by atoms with van der Waals surface area (Å²) in [5, 5.41) is 25.0. The molecule has 0 atom stereocenters. The van der Waals surface area contributed by atoms with E-state index in [0.29, 0.717) is 27.7 Å². The lowest BCUT2D eigenvalue weighted by molar-refractivity contribution is -0.385. The van der Waals surface area contributed by atoms with E-state index in [1.54, 1.807) is 16.8 Å². The third kappa shape index (κ3) is 3.92. The van der Waals surface area contributed by atoms with Crippen LogP contribution >= 0.6 is 34.8 Å². The third-order valence-corrected chi connectivity index (χ3v) is 6.20. The number of hydrogen-bond acceptors (Lipinski definition) is 6. The van der Waals surface area contributed by atoms with Gasteiger partial charge in [0.1, 0.15) is 17.1 Å². The van der Waals surface area contributed by atoms with Crippen LogP contribution in [0.1, 0.15) is 35.8 Å². The number of H-pyrrole nitrogens is 1. The van der Waals surface area contributed by atoms with Crippen molar-refractivity contribution in [3.63, 3.8) is 0 Å². The maximum absolute atomic E-state index is 13.0. The summed E-state index contributed by atoms with van der Waals surface area (Å²) < 4.78 is 1.56.